The molecule has 84 valence electrons. The Labute approximate surface area is 87.5 Å². The summed E-state index contributed by atoms with van der Waals surface area (Å²) in [4.78, 5) is 0. The van der Waals surface area contributed by atoms with Crippen LogP contribution in [0.2, 0.25) is 0 Å². The smallest absolute Gasteiger partial charge is 0.151 e. The summed E-state index contributed by atoms with van der Waals surface area (Å²) in [5, 5.41) is 2.67. The molecule has 3 nitrogen and oxygen atoms in total. The molecule has 4 heteroatoms. The summed E-state index contributed by atoms with van der Waals surface area (Å²) in [6.07, 6.45) is 2.90. The van der Waals surface area contributed by atoms with E-state index < -0.39 is 9.84 Å². The first-order valence-electron chi connectivity index (χ1n) is 4.85. The molecule has 0 spiro atoms. The third kappa shape index (κ3) is 4.24. The summed E-state index contributed by atoms with van der Waals surface area (Å²) < 4.78 is 22.7. The first kappa shape index (κ1) is 13.7. The number of sulfone groups is 1. The van der Waals surface area contributed by atoms with Crippen molar-refractivity contribution in [2.75, 3.05) is 13.3 Å². The normalized spacial score (nSPS) is 16.3. The van der Waals surface area contributed by atoms with Crippen LogP contribution in [0.3, 0.4) is 0 Å². The van der Waals surface area contributed by atoms with Crippen molar-refractivity contribution < 1.29 is 8.42 Å². The number of hydrogen-bond acceptors (Lipinski definition) is 3. The van der Waals surface area contributed by atoms with Crippen LogP contribution in [-0.4, -0.2) is 33.0 Å². The van der Waals surface area contributed by atoms with Crippen LogP contribution < -0.4 is 5.32 Å². The van der Waals surface area contributed by atoms with E-state index in [0.29, 0.717) is 0 Å². The lowest BCUT2D eigenvalue weighted by molar-refractivity contribution is 0.512. The van der Waals surface area contributed by atoms with Crippen molar-refractivity contribution in [3.8, 4) is 0 Å². The van der Waals surface area contributed by atoms with Gasteiger partial charge in [-0.05, 0) is 26.8 Å². The lowest BCUT2D eigenvalue weighted by Crippen LogP contribution is -2.40. The zero-order chi connectivity index (χ0) is 11.4. The lowest BCUT2D eigenvalue weighted by atomic mass is 10.0. The maximum Gasteiger partial charge on any atom is 0.151 e. The minimum atomic E-state index is -2.97. The standard InChI is InChI=1S/C10H21NO2S/c1-6-8(2)7-10(11-4)9(3)14(5,12)13/h9-11H,2,6-7H2,1,3-5H3. The zero-order valence-electron chi connectivity index (χ0n) is 9.50. The van der Waals surface area contributed by atoms with Gasteiger partial charge in [-0.15, -0.1) is 0 Å². The van der Waals surface area contributed by atoms with Crippen molar-refractivity contribution in [2.24, 2.45) is 0 Å². The maximum atomic E-state index is 11.3. The molecular weight excluding hydrogens is 198 g/mol. The molecule has 0 aliphatic carbocycles. The van der Waals surface area contributed by atoms with Gasteiger partial charge in [0.15, 0.2) is 9.84 Å². The fraction of sp³-hybridized carbons (Fsp3) is 0.800. The molecule has 0 heterocycles. The van der Waals surface area contributed by atoms with E-state index in [-0.39, 0.29) is 11.3 Å². The molecule has 0 radical (unpaired) electrons. The highest BCUT2D eigenvalue weighted by Gasteiger charge is 2.24. The fourth-order valence-corrected chi connectivity index (χ4v) is 2.09. The molecule has 0 aliphatic rings. The molecule has 0 aliphatic heterocycles. The van der Waals surface area contributed by atoms with Gasteiger partial charge in [0.25, 0.3) is 0 Å². The second-order valence-electron chi connectivity index (χ2n) is 3.74. The van der Waals surface area contributed by atoms with Gasteiger partial charge in [-0.2, -0.15) is 0 Å². The van der Waals surface area contributed by atoms with Crippen molar-refractivity contribution in [1.82, 2.24) is 5.32 Å². The molecule has 0 aromatic rings. The topological polar surface area (TPSA) is 46.2 Å². The van der Waals surface area contributed by atoms with E-state index in [1.54, 1.807) is 14.0 Å². The van der Waals surface area contributed by atoms with Crippen LogP contribution in [0.4, 0.5) is 0 Å². The van der Waals surface area contributed by atoms with Crippen LogP contribution in [0.5, 0.6) is 0 Å². The Morgan fingerprint density at radius 3 is 2.29 bits per heavy atom. The van der Waals surface area contributed by atoms with Crippen LogP contribution in [-0.2, 0) is 9.84 Å². The number of hydrogen-bond donors (Lipinski definition) is 1. The number of nitrogens with one attached hydrogen (secondary N) is 1. The van der Waals surface area contributed by atoms with Crippen molar-refractivity contribution in [3.63, 3.8) is 0 Å². The molecule has 0 saturated heterocycles. The second kappa shape index (κ2) is 5.51. The average molecular weight is 219 g/mol. The van der Waals surface area contributed by atoms with Crippen LogP contribution in [0.1, 0.15) is 26.7 Å². The average Bonchev–Trinajstić information content (AvgIpc) is 2.11. The van der Waals surface area contributed by atoms with Crippen LogP contribution >= 0.6 is 0 Å². The molecule has 2 atom stereocenters. The molecule has 0 bridgehead atoms. The van der Waals surface area contributed by atoms with Gasteiger partial charge in [0.05, 0.1) is 5.25 Å². The molecule has 0 saturated carbocycles. The third-order valence-corrected chi connectivity index (χ3v) is 4.30. The summed E-state index contributed by atoms with van der Waals surface area (Å²) in [6.45, 7) is 7.65. The highest BCUT2D eigenvalue weighted by molar-refractivity contribution is 7.91. The fourth-order valence-electron chi connectivity index (χ4n) is 1.26. The summed E-state index contributed by atoms with van der Waals surface area (Å²) in [5.74, 6) is 0. The van der Waals surface area contributed by atoms with E-state index in [1.807, 2.05) is 6.92 Å². The van der Waals surface area contributed by atoms with Crippen LogP contribution in [0.15, 0.2) is 12.2 Å². The largest absolute Gasteiger partial charge is 0.315 e. The molecule has 0 aromatic heterocycles. The first-order chi connectivity index (χ1) is 6.32. The Morgan fingerprint density at radius 1 is 1.50 bits per heavy atom. The van der Waals surface area contributed by atoms with Gasteiger partial charge in [-0.3, -0.25) is 0 Å². The van der Waals surface area contributed by atoms with E-state index in [1.165, 1.54) is 6.26 Å². The Balaban J connectivity index is 4.50. The lowest BCUT2D eigenvalue weighted by Gasteiger charge is -2.22. The van der Waals surface area contributed by atoms with Crippen molar-refractivity contribution in [2.45, 2.75) is 38.0 Å². The van der Waals surface area contributed by atoms with E-state index in [4.69, 9.17) is 0 Å². The van der Waals surface area contributed by atoms with Gasteiger partial charge in [-0.1, -0.05) is 19.1 Å². The summed E-state index contributed by atoms with van der Waals surface area (Å²) in [5.41, 5.74) is 1.08. The SMILES string of the molecule is C=C(CC)CC(NC)C(C)S(C)(=O)=O. The molecule has 0 amide bonds. The molecule has 0 fully saturated rings. The highest BCUT2D eigenvalue weighted by Crippen LogP contribution is 2.14. The van der Waals surface area contributed by atoms with Crippen LogP contribution in [0, 0.1) is 0 Å². The minimum absolute atomic E-state index is 0.0301. The predicted molar refractivity (Wildman–Crippen MR) is 61.2 cm³/mol. The van der Waals surface area contributed by atoms with Gasteiger partial charge in [-0.25, -0.2) is 8.42 Å². The second-order valence-corrected chi connectivity index (χ2v) is 6.14. The maximum absolute atomic E-state index is 11.3. The molecule has 0 rings (SSSR count). The zero-order valence-corrected chi connectivity index (χ0v) is 10.3. The van der Waals surface area contributed by atoms with E-state index in [0.717, 1.165) is 18.4 Å². The highest BCUT2D eigenvalue weighted by atomic mass is 32.2. The van der Waals surface area contributed by atoms with Crippen LogP contribution in [0.25, 0.3) is 0 Å². The van der Waals surface area contributed by atoms with Crippen molar-refractivity contribution in [3.05, 3.63) is 12.2 Å². The first-order valence-corrected chi connectivity index (χ1v) is 6.81. The van der Waals surface area contributed by atoms with E-state index in [2.05, 4.69) is 11.9 Å². The van der Waals surface area contributed by atoms with Gasteiger partial charge < -0.3 is 5.32 Å². The summed E-state index contributed by atoms with van der Waals surface area (Å²) in [7, 11) is -1.18. The molecular formula is C10H21NO2S. The minimum Gasteiger partial charge on any atom is -0.315 e. The number of rotatable bonds is 6. The van der Waals surface area contributed by atoms with E-state index in [9.17, 15) is 8.42 Å². The van der Waals surface area contributed by atoms with Gasteiger partial charge in [0, 0.05) is 12.3 Å². The molecule has 2 unspecified atom stereocenters. The Morgan fingerprint density at radius 2 is 2.00 bits per heavy atom. The van der Waals surface area contributed by atoms with Gasteiger partial charge in [0.1, 0.15) is 0 Å². The quantitative estimate of drug-likeness (QED) is 0.686. The van der Waals surface area contributed by atoms with E-state index >= 15 is 0 Å². The molecule has 0 aromatic carbocycles. The Bertz CT molecular complexity index is 282. The third-order valence-electron chi connectivity index (χ3n) is 2.62. The molecule has 1 N–H and O–H groups in total. The summed E-state index contributed by atoms with van der Waals surface area (Å²) >= 11 is 0. The van der Waals surface area contributed by atoms with Crippen molar-refractivity contribution in [1.29, 1.82) is 0 Å². The van der Waals surface area contributed by atoms with Gasteiger partial charge in [0.2, 0.25) is 0 Å². The molecule has 14 heavy (non-hydrogen) atoms. The predicted octanol–water partition coefficient (Wildman–Crippen LogP) is 1.36. The Kier molecular flexibility index (Phi) is 5.37. The van der Waals surface area contributed by atoms with Gasteiger partial charge >= 0.3 is 0 Å². The monoisotopic (exact) mass is 219 g/mol. The summed E-state index contributed by atoms with van der Waals surface area (Å²) in [6, 6.07) is -0.0301. The van der Waals surface area contributed by atoms with Crippen molar-refractivity contribution >= 4 is 9.84 Å². The Hall–Kier alpha value is -0.350.